The zero-order chi connectivity index (χ0) is 28.5. The molecule has 3 aromatic carbocycles. The monoisotopic (exact) mass is 569 g/mol. The van der Waals surface area contributed by atoms with E-state index in [2.05, 4.69) is 10.3 Å². The molecule has 7 nitrogen and oxygen atoms in total. The van der Waals surface area contributed by atoms with Crippen LogP contribution in [0.2, 0.25) is 0 Å². The Morgan fingerprint density at radius 3 is 2.51 bits per heavy atom. The first-order valence-electron chi connectivity index (χ1n) is 12.5. The summed E-state index contributed by atoms with van der Waals surface area (Å²) < 4.78 is 39.1. The number of nitrogens with one attached hydrogen (secondary N) is 1. The third-order valence-corrected chi connectivity index (χ3v) is 7.56. The zero-order valence-electron chi connectivity index (χ0n) is 21.3. The smallest absolute Gasteiger partial charge is 0.291 e. The van der Waals surface area contributed by atoms with Crippen LogP contribution in [0, 0.1) is 0 Å². The number of carbonyl (C=O) groups is 2. The molecule has 0 saturated carbocycles. The molecular formula is C31H21F2N3O4S. The number of carbonyl (C=O) groups excluding carboxylic acids is 2. The molecular weight excluding hydrogens is 548 g/mol. The molecule has 0 unspecified atom stereocenters. The number of nitrogens with two attached hydrogens (primary N) is 1. The summed E-state index contributed by atoms with van der Waals surface area (Å²) in [5.41, 5.74) is 6.25. The molecule has 0 aliphatic rings. The molecule has 0 aliphatic carbocycles. The number of halogens is 2. The number of benzene rings is 3. The van der Waals surface area contributed by atoms with E-state index in [1.54, 1.807) is 36.4 Å². The van der Waals surface area contributed by atoms with Crippen LogP contribution < -0.4 is 15.8 Å². The predicted octanol–water partition coefficient (Wildman–Crippen LogP) is 7.58. The van der Waals surface area contributed by atoms with Crippen molar-refractivity contribution in [3.05, 3.63) is 113 Å². The van der Waals surface area contributed by atoms with Gasteiger partial charge in [0.2, 0.25) is 0 Å². The van der Waals surface area contributed by atoms with E-state index in [0.717, 1.165) is 22.1 Å². The quantitative estimate of drug-likeness (QED) is 0.197. The van der Waals surface area contributed by atoms with Gasteiger partial charge in [0.25, 0.3) is 18.2 Å². The van der Waals surface area contributed by atoms with Gasteiger partial charge in [-0.2, -0.15) is 0 Å². The van der Waals surface area contributed by atoms with Crippen molar-refractivity contribution in [1.29, 1.82) is 0 Å². The number of hydrogen-bond acceptors (Lipinski definition) is 6. The summed E-state index contributed by atoms with van der Waals surface area (Å²) in [4.78, 5) is 29.8. The van der Waals surface area contributed by atoms with Crippen molar-refractivity contribution in [2.45, 2.75) is 13.0 Å². The lowest BCUT2D eigenvalue weighted by Gasteiger charge is -2.10. The molecule has 3 aromatic heterocycles. The number of hydrogen-bond donors (Lipinski definition) is 2. The summed E-state index contributed by atoms with van der Waals surface area (Å²) in [5.74, 6) is -0.438. The van der Waals surface area contributed by atoms with Crippen molar-refractivity contribution in [2.75, 3.05) is 5.32 Å². The van der Waals surface area contributed by atoms with Gasteiger partial charge in [-0.15, -0.1) is 11.3 Å². The van der Waals surface area contributed by atoms with Crippen LogP contribution in [0.4, 0.5) is 14.5 Å². The molecule has 0 spiro atoms. The molecule has 204 valence electrons. The topological polar surface area (TPSA) is 107 Å². The normalized spacial score (nSPS) is 11.3. The lowest BCUT2D eigenvalue weighted by Crippen LogP contribution is -2.16. The zero-order valence-corrected chi connectivity index (χ0v) is 22.1. The molecule has 3 N–H and O–H groups in total. The van der Waals surface area contributed by atoms with Crippen LogP contribution in [-0.2, 0) is 6.61 Å². The van der Waals surface area contributed by atoms with Gasteiger partial charge in [-0.05, 0) is 40.8 Å². The Hall–Kier alpha value is -5.09. The molecule has 6 rings (SSSR count). The maximum absolute atomic E-state index is 13.7. The van der Waals surface area contributed by atoms with Crippen LogP contribution in [0.25, 0.3) is 32.1 Å². The number of primary amides is 1. The van der Waals surface area contributed by atoms with Crippen LogP contribution in [0.1, 0.15) is 38.1 Å². The van der Waals surface area contributed by atoms with E-state index in [1.165, 1.54) is 12.1 Å². The molecule has 0 fully saturated rings. The van der Waals surface area contributed by atoms with Crippen molar-refractivity contribution in [2.24, 2.45) is 5.73 Å². The van der Waals surface area contributed by atoms with Crippen molar-refractivity contribution < 1.29 is 27.5 Å². The number of amides is 2. The molecule has 0 aliphatic heterocycles. The van der Waals surface area contributed by atoms with Crippen LogP contribution in [-0.4, -0.2) is 16.8 Å². The summed E-state index contributed by atoms with van der Waals surface area (Å²) in [6.07, 6.45) is -2.84. The molecule has 0 radical (unpaired) electrons. The fourth-order valence-electron chi connectivity index (χ4n) is 4.59. The molecule has 2 amide bonds. The summed E-state index contributed by atoms with van der Waals surface area (Å²) >= 11 is 0.837. The van der Waals surface area contributed by atoms with E-state index in [4.69, 9.17) is 14.9 Å². The molecule has 6 aromatic rings. The van der Waals surface area contributed by atoms with Gasteiger partial charge in [0.1, 0.15) is 33.5 Å². The number of thiophene rings is 1. The standard InChI is InChI=1S/C31H21F2N3O4S/c32-28(33)22-15-21(18-7-2-1-3-8-18)25-26(27(29(34)37)41-31(25)35-22)36-30(38)24-14-13-19(40-24)16-39-23-12-6-10-17-9-4-5-11-20(17)23/h1-15,28H,16H2,(H2,34,37)(H,36,38). The molecule has 0 bridgehead atoms. The molecule has 0 atom stereocenters. The van der Waals surface area contributed by atoms with Gasteiger partial charge < -0.3 is 20.2 Å². The number of nitrogens with zero attached hydrogens (tertiary/aromatic N) is 1. The molecule has 41 heavy (non-hydrogen) atoms. The number of alkyl halides is 2. The van der Waals surface area contributed by atoms with Gasteiger partial charge in [0.15, 0.2) is 5.76 Å². The summed E-state index contributed by atoms with van der Waals surface area (Å²) in [6.45, 7) is 0.0771. The maximum Gasteiger partial charge on any atom is 0.291 e. The highest BCUT2D eigenvalue weighted by molar-refractivity contribution is 7.21. The number of rotatable bonds is 8. The second-order valence-electron chi connectivity index (χ2n) is 9.10. The number of ether oxygens (including phenoxy) is 1. The van der Waals surface area contributed by atoms with E-state index < -0.39 is 23.9 Å². The minimum Gasteiger partial charge on any atom is -0.485 e. The molecule has 0 saturated heterocycles. The fourth-order valence-corrected chi connectivity index (χ4v) is 5.60. The van der Waals surface area contributed by atoms with Gasteiger partial charge in [-0.25, -0.2) is 13.8 Å². The number of pyridine rings is 1. The molecule has 3 heterocycles. The van der Waals surface area contributed by atoms with Gasteiger partial charge in [-0.3, -0.25) is 9.59 Å². The average Bonchev–Trinajstić information content (AvgIpc) is 3.61. The Balaban J connectivity index is 1.32. The summed E-state index contributed by atoms with van der Waals surface area (Å²) in [5, 5.41) is 5.02. The second-order valence-corrected chi connectivity index (χ2v) is 10.1. The van der Waals surface area contributed by atoms with Crippen LogP contribution in [0.3, 0.4) is 0 Å². The third kappa shape index (κ3) is 5.12. The van der Waals surface area contributed by atoms with E-state index >= 15 is 0 Å². The summed E-state index contributed by atoms with van der Waals surface area (Å²) in [6, 6.07) is 26.7. The van der Waals surface area contributed by atoms with Crippen LogP contribution >= 0.6 is 11.3 Å². The van der Waals surface area contributed by atoms with E-state index in [1.807, 2.05) is 42.5 Å². The Morgan fingerprint density at radius 2 is 1.73 bits per heavy atom. The average molecular weight is 570 g/mol. The Bertz CT molecular complexity index is 1910. The highest BCUT2D eigenvalue weighted by Crippen LogP contribution is 2.42. The van der Waals surface area contributed by atoms with Crippen molar-refractivity contribution in [3.63, 3.8) is 0 Å². The maximum atomic E-state index is 13.7. The van der Waals surface area contributed by atoms with Crippen molar-refractivity contribution >= 4 is 49.8 Å². The van der Waals surface area contributed by atoms with Gasteiger partial charge >= 0.3 is 0 Å². The lowest BCUT2D eigenvalue weighted by molar-refractivity contribution is 0.0992. The summed E-state index contributed by atoms with van der Waals surface area (Å²) in [7, 11) is 0. The number of anilines is 1. The van der Waals surface area contributed by atoms with Crippen LogP contribution in [0.15, 0.2) is 95.4 Å². The van der Waals surface area contributed by atoms with Crippen LogP contribution in [0.5, 0.6) is 5.75 Å². The number of furan rings is 1. The minimum atomic E-state index is -2.84. The van der Waals surface area contributed by atoms with Gasteiger partial charge in [-0.1, -0.05) is 66.7 Å². The SMILES string of the molecule is NC(=O)c1sc2nc(C(F)F)cc(-c3ccccc3)c2c1NC(=O)c1ccc(COc2cccc3ccccc23)o1. The third-order valence-electron chi connectivity index (χ3n) is 6.46. The first kappa shape index (κ1) is 26.1. The van der Waals surface area contributed by atoms with E-state index in [0.29, 0.717) is 28.0 Å². The lowest BCUT2D eigenvalue weighted by atomic mass is 10.0. The minimum absolute atomic E-state index is 0.0180. The van der Waals surface area contributed by atoms with Crippen molar-refractivity contribution in [1.82, 2.24) is 4.98 Å². The molecule has 10 heteroatoms. The van der Waals surface area contributed by atoms with Gasteiger partial charge in [0, 0.05) is 10.8 Å². The highest BCUT2D eigenvalue weighted by Gasteiger charge is 2.26. The fraction of sp³-hybridized carbons (Fsp3) is 0.0645. The number of aromatic nitrogens is 1. The number of fused-ring (bicyclic) bond motifs is 2. The first-order chi connectivity index (χ1) is 19.9. The van der Waals surface area contributed by atoms with Gasteiger partial charge in [0.05, 0.1) is 5.69 Å². The second kappa shape index (κ2) is 10.8. The predicted molar refractivity (Wildman–Crippen MR) is 153 cm³/mol. The largest absolute Gasteiger partial charge is 0.485 e. The highest BCUT2D eigenvalue weighted by atomic mass is 32.1. The first-order valence-corrected chi connectivity index (χ1v) is 13.3. The van der Waals surface area contributed by atoms with E-state index in [-0.39, 0.29) is 27.8 Å². The van der Waals surface area contributed by atoms with Crippen molar-refractivity contribution in [3.8, 4) is 16.9 Å². The Kier molecular flexibility index (Phi) is 6.90. The van der Waals surface area contributed by atoms with E-state index in [9.17, 15) is 18.4 Å². The Labute approximate surface area is 236 Å². The Morgan fingerprint density at radius 1 is 0.976 bits per heavy atom.